The summed E-state index contributed by atoms with van der Waals surface area (Å²) >= 11 is 0. The fraction of sp³-hybridized carbons (Fsp3) is 1.00. The summed E-state index contributed by atoms with van der Waals surface area (Å²) in [7, 11) is 0. The Morgan fingerprint density at radius 3 is 1.79 bits per heavy atom. The molecule has 0 fully saturated rings. The van der Waals surface area contributed by atoms with E-state index in [9.17, 15) is 0 Å². The average Bonchev–Trinajstić information content (AvgIpc) is 2.17. The van der Waals surface area contributed by atoms with E-state index in [0.29, 0.717) is 0 Å². The first kappa shape index (κ1) is 14.0. The zero-order chi connectivity index (χ0) is 10.8. The normalized spacial score (nSPS) is 15.4. The van der Waals surface area contributed by atoms with Crippen LogP contribution in [0.2, 0.25) is 0 Å². The molecule has 0 N–H and O–H groups in total. The summed E-state index contributed by atoms with van der Waals surface area (Å²) in [5.41, 5.74) is 0. The molecule has 0 amide bonds. The lowest BCUT2D eigenvalue weighted by Gasteiger charge is -2.10. The summed E-state index contributed by atoms with van der Waals surface area (Å²) in [4.78, 5) is 0. The molecule has 0 aromatic rings. The number of unbranched alkanes of at least 4 members (excludes halogenated alkanes) is 2. The van der Waals surface area contributed by atoms with Crippen molar-refractivity contribution in [2.75, 3.05) is 0 Å². The Morgan fingerprint density at radius 1 is 0.714 bits per heavy atom. The van der Waals surface area contributed by atoms with E-state index < -0.39 is 0 Å². The van der Waals surface area contributed by atoms with E-state index in [2.05, 4.69) is 27.7 Å². The first-order valence-electron chi connectivity index (χ1n) is 6.70. The molecular formula is C14H30. The van der Waals surface area contributed by atoms with Gasteiger partial charge in [0.15, 0.2) is 0 Å². The van der Waals surface area contributed by atoms with Gasteiger partial charge in [0.05, 0.1) is 0 Å². The second-order valence-electron chi connectivity index (χ2n) is 5.05. The van der Waals surface area contributed by atoms with Gasteiger partial charge < -0.3 is 0 Å². The van der Waals surface area contributed by atoms with Crippen LogP contribution in [0, 0.1) is 11.8 Å². The third-order valence-electron chi connectivity index (χ3n) is 3.37. The van der Waals surface area contributed by atoms with E-state index >= 15 is 0 Å². The zero-order valence-corrected chi connectivity index (χ0v) is 10.8. The molecule has 2 unspecified atom stereocenters. The molecule has 0 spiro atoms. The van der Waals surface area contributed by atoms with E-state index in [4.69, 9.17) is 0 Å². The van der Waals surface area contributed by atoms with Crippen LogP contribution in [-0.2, 0) is 0 Å². The second-order valence-corrected chi connectivity index (χ2v) is 5.05. The second kappa shape index (κ2) is 9.55. The molecule has 0 aliphatic heterocycles. The fourth-order valence-electron chi connectivity index (χ4n) is 2.00. The van der Waals surface area contributed by atoms with Crippen molar-refractivity contribution in [1.82, 2.24) is 0 Å². The van der Waals surface area contributed by atoms with Crippen molar-refractivity contribution in [3.63, 3.8) is 0 Å². The molecule has 0 bridgehead atoms. The smallest absolute Gasteiger partial charge is 0.0443 e. The van der Waals surface area contributed by atoms with Crippen molar-refractivity contribution in [2.24, 2.45) is 11.8 Å². The third kappa shape index (κ3) is 8.59. The van der Waals surface area contributed by atoms with Crippen LogP contribution in [0.15, 0.2) is 0 Å². The van der Waals surface area contributed by atoms with Gasteiger partial charge in [-0.25, -0.2) is 0 Å². The van der Waals surface area contributed by atoms with Crippen LogP contribution in [0.4, 0.5) is 0 Å². The van der Waals surface area contributed by atoms with Crippen LogP contribution in [0.1, 0.15) is 79.1 Å². The highest BCUT2D eigenvalue weighted by molar-refractivity contribution is 4.55. The Labute approximate surface area is 91.5 Å². The highest BCUT2D eigenvalue weighted by atomic mass is 14.1. The lowest BCUT2D eigenvalue weighted by atomic mass is 9.96. The van der Waals surface area contributed by atoms with Crippen molar-refractivity contribution >= 4 is 0 Å². The number of hydrogen-bond donors (Lipinski definition) is 0. The standard InChI is InChI=1S/C14H30/c1-5-10-14(4)12-9-7-8-11-13(3)6-2/h13-14H,5-12H2,1-4H3. The molecule has 0 rings (SSSR count). The van der Waals surface area contributed by atoms with Gasteiger partial charge in [0.2, 0.25) is 0 Å². The Kier molecular flexibility index (Phi) is 9.55. The van der Waals surface area contributed by atoms with Gasteiger partial charge in [0, 0.05) is 0 Å². The lowest BCUT2D eigenvalue weighted by molar-refractivity contribution is 0.432. The van der Waals surface area contributed by atoms with Gasteiger partial charge in [-0.2, -0.15) is 0 Å². The van der Waals surface area contributed by atoms with Gasteiger partial charge in [-0.15, -0.1) is 0 Å². The highest BCUT2D eigenvalue weighted by Gasteiger charge is 2.01. The molecule has 0 heterocycles. The molecule has 14 heavy (non-hydrogen) atoms. The summed E-state index contributed by atoms with van der Waals surface area (Å²) in [5, 5.41) is 0. The Bertz CT molecular complexity index is 107. The van der Waals surface area contributed by atoms with Crippen LogP contribution in [0.3, 0.4) is 0 Å². The summed E-state index contributed by atoms with van der Waals surface area (Å²) in [6, 6.07) is 0. The van der Waals surface area contributed by atoms with E-state index in [-0.39, 0.29) is 0 Å². The molecule has 0 radical (unpaired) electrons. The maximum atomic E-state index is 2.40. The van der Waals surface area contributed by atoms with Crippen molar-refractivity contribution in [2.45, 2.75) is 79.1 Å². The summed E-state index contributed by atoms with van der Waals surface area (Å²) in [5.74, 6) is 1.91. The van der Waals surface area contributed by atoms with Crippen molar-refractivity contribution in [3.8, 4) is 0 Å². The van der Waals surface area contributed by atoms with Gasteiger partial charge in [-0.05, 0) is 11.8 Å². The van der Waals surface area contributed by atoms with Crippen LogP contribution in [0.25, 0.3) is 0 Å². The molecule has 2 atom stereocenters. The fourth-order valence-corrected chi connectivity index (χ4v) is 2.00. The summed E-state index contributed by atoms with van der Waals surface area (Å²) < 4.78 is 0. The van der Waals surface area contributed by atoms with Crippen LogP contribution < -0.4 is 0 Å². The first-order valence-corrected chi connectivity index (χ1v) is 6.70. The molecule has 0 nitrogen and oxygen atoms in total. The van der Waals surface area contributed by atoms with Crippen molar-refractivity contribution in [1.29, 1.82) is 0 Å². The highest BCUT2D eigenvalue weighted by Crippen LogP contribution is 2.17. The molecule has 0 aliphatic rings. The topological polar surface area (TPSA) is 0 Å². The molecule has 0 aliphatic carbocycles. The molecule has 0 aromatic carbocycles. The largest absolute Gasteiger partial charge is 0.0654 e. The van der Waals surface area contributed by atoms with Gasteiger partial charge >= 0.3 is 0 Å². The summed E-state index contributed by atoms with van der Waals surface area (Å²) in [6.45, 7) is 9.37. The van der Waals surface area contributed by atoms with Crippen LogP contribution >= 0.6 is 0 Å². The zero-order valence-electron chi connectivity index (χ0n) is 10.8. The molecular weight excluding hydrogens is 168 g/mol. The van der Waals surface area contributed by atoms with Gasteiger partial charge in [-0.3, -0.25) is 0 Å². The van der Waals surface area contributed by atoms with E-state index in [1.165, 1.54) is 51.4 Å². The lowest BCUT2D eigenvalue weighted by Crippen LogP contribution is -1.95. The van der Waals surface area contributed by atoms with Crippen LogP contribution in [0.5, 0.6) is 0 Å². The van der Waals surface area contributed by atoms with E-state index in [1.54, 1.807) is 0 Å². The van der Waals surface area contributed by atoms with Gasteiger partial charge in [0.25, 0.3) is 0 Å². The molecule has 0 heteroatoms. The number of hydrogen-bond acceptors (Lipinski definition) is 0. The summed E-state index contributed by atoms with van der Waals surface area (Å²) in [6.07, 6.45) is 11.4. The molecule has 0 saturated heterocycles. The van der Waals surface area contributed by atoms with Crippen molar-refractivity contribution in [3.05, 3.63) is 0 Å². The minimum Gasteiger partial charge on any atom is -0.0654 e. The Balaban J connectivity index is 3.13. The SMILES string of the molecule is CCCC(C)CCCCCC(C)CC. The van der Waals surface area contributed by atoms with Gasteiger partial charge in [-0.1, -0.05) is 79.1 Å². The maximum absolute atomic E-state index is 2.40. The maximum Gasteiger partial charge on any atom is -0.0443 e. The Morgan fingerprint density at radius 2 is 1.29 bits per heavy atom. The minimum atomic E-state index is 0.947. The van der Waals surface area contributed by atoms with E-state index in [0.717, 1.165) is 11.8 Å². The molecule has 0 saturated carbocycles. The van der Waals surface area contributed by atoms with E-state index in [1.807, 2.05) is 0 Å². The van der Waals surface area contributed by atoms with Crippen LogP contribution in [-0.4, -0.2) is 0 Å². The predicted octanol–water partition coefficient (Wildman–Crippen LogP) is 5.42. The first-order chi connectivity index (χ1) is 6.70. The number of rotatable bonds is 9. The predicted molar refractivity (Wildman–Crippen MR) is 66.6 cm³/mol. The van der Waals surface area contributed by atoms with Gasteiger partial charge in [0.1, 0.15) is 0 Å². The average molecular weight is 198 g/mol. The minimum absolute atomic E-state index is 0.947. The van der Waals surface area contributed by atoms with Crippen molar-refractivity contribution < 1.29 is 0 Å². The monoisotopic (exact) mass is 198 g/mol. The quantitative estimate of drug-likeness (QED) is 0.434. The molecule has 0 aromatic heterocycles. The molecule has 86 valence electrons. The third-order valence-corrected chi connectivity index (χ3v) is 3.37. The Hall–Kier alpha value is 0.